The third kappa shape index (κ3) is 5.30. The van der Waals surface area contributed by atoms with Crippen LogP contribution < -0.4 is 5.32 Å². The standard InChI is InChI=1S/C27H24ClN3O5S2/c1-16-11-17(2)25-22(12-16)37-27(30-25)29-24(32)15-36-26(33)19-7-8-21(28)23(13-19)38(34,35)31-10-9-18-5-3-4-6-20(18)14-31/h3-8,11-13H,9-10,14-15H2,1-2H3,(H,29,30,32). The van der Waals surface area contributed by atoms with Gasteiger partial charge in [0.2, 0.25) is 10.0 Å². The number of carbonyl (C=O) groups excluding carboxylic acids is 2. The van der Waals surface area contributed by atoms with Gasteiger partial charge in [0, 0.05) is 13.1 Å². The quantitative estimate of drug-likeness (QED) is 0.324. The summed E-state index contributed by atoms with van der Waals surface area (Å²) in [5, 5.41) is 3.05. The van der Waals surface area contributed by atoms with E-state index < -0.39 is 28.5 Å². The predicted molar refractivity (Wildman–Crippen MR) is 147 cm³/mol. The van der Waals surface area contributed by atoms with Gasteiger partial charge in [0.25, 0.3) is 5.91 Å². The molecule has 0 saturated heterocycles. The molecule has 0 bridgehead atoms. The van der Waals surface area contributed by atoms with Crippen molar-refractivity contribution in [1.29, 1.82) is 0 Å². The van der Waals surface area contributed by atoms with Gasteiger partial charge in [-0.2, -0.15) is 4.31 Å². The number of anilines is 1. The van der Waals surface area contributed by atoms with Gasteiger partial charge in [0.05, 0.1) is 20.8 Å². The molecule has 1 amide bonds. The van der Waals surface area contributed by atoms with E-state index in [1.807, 2.05) is 50.2 Å². The largest absolute Gasteiger partial charge is 0.452 e. The van der Waals surface area contributed by atoms with Gasteiger partial charge in [-0.3, -0.25) is 10.1 Å². The minimum Gasteiger partial charge on any atom is -0.452 e. The number of benzene rings is 3. The number of amides is 1. The van der Waals surface area contributed by atoms with Crippen LogP contribution in [0.1, 0.15) is 32.6 Å². The van der Waals surface area contributed by atoms with Crippen molar-refractivity contribution < 1.29 is 22.7 Å². The molecule has 0 radical (unpaired) electrons. The van der Waals surface area contributed by atoms with Crippen LogP contribution in [-0.4, -0.2) is 42.7 Å². The van der Waals surface area contributed by atoms with Gasteiger partial charge in [0.1, 0.15) is 4.90 Å². The summed E-state index contributed by atoms with van der Waals surface area (Å²) in [6.45, 7) is 3.90. The zero-order valence-corrected chi connectivity index (χ0v) is 23.0. The van der Waals surface area contributed by atoms with Crippen molar-refractivity contribution in [3.8, 4) is 0 Å². The number of aryl methyl sites for hydroxylation is 2. The van der Waals surface area contributed by atoms with Crippen molar-refractivity contribution >= 4 is 60.2 Å². The fraction of sp³-hybridized carbons (Fsp3) is 0.222. The lowest BCUT2D eigenvalue weighted by Crippen LogP contribution is -2.36. The summed E-state index contributed by atoms with van der Waals surface area (Å²) in [5.74, 6) is -1.39. The number of hydrogen-bond acceptors (Lipinski definition) is 7. The Bertz CT molecular complexity index is 1680. The zero-order valence-electron chi connectivity index (χ0n) is 20.7. The van der Waals surface area contributed by atoms with Crippen LogP contribution in [-0.2, 0) is 32.5 Å². The van der Waals surface area contributed by atoms with E-state index in [9.17, 15) is 18.0 Å². The maximum atomic E-state index is 13.4. The van der Waals surface area contributed by atoms with Crippen LogP contribution in [0.2, 0.25) is 5.02 Å². The second-order valence-corrected chi connectivity index (χ2v) is 12.4. The summed E-state index contributed by atoms with van der Waals surface area (Å²) in [6.07, 6.45) is 0.581. The number of rotatable bonds is 6. The minimum atomic E-state index is -3.98. The maximum absolute atomic E-state index is 13.4. The molecule has 0 aliphatic carbocycles. The molecule has 0 fully saturated rings. The van der Waals surface area contributed by atoms with E-state index in [0.29, 0.717) is 18.1 Å². The van der Waals surface area contributed by atoms with E-state index in [4.69, 9.17) is 16.3 Å². The Hall–Kier alpha value is -3.31. The van der Waals surface area contributed by atoms with Crippen molar-refractivity contribution in [3.63, 3.8) is 0 Å². The highest BCUT2D eigenvalue weighted by Gasteiger charge is 2.30. The molecular formula is C27H24ClN3O5S2. The molecule has 0 saturated carbocycles. The van der Waals surface area contributed by atoms with Gasteiger partial charge < -0.3 is 4.74 Å². The molecule has 1 aliphatic heterocycles. The molecule has 38 heavy (non-hydrogen) atoms. The monoisotopic (exact) mass is 569 g/mol. The van der Waals surface area contributed by atoms with Crippen LogP contribution in [0, 0.1) is 13.8 Å². The Kier molecular flexibility index (Phi) is 7.23. The lowest BCUT2D eigenvalue weighted by atomic mass is 10.0. The Morgan fingerprint density at radius 2 is 1.87 bits per heavy atom. The predicted octanol–water partition coefficient (Wildman–Crippen LogP) is 5.11. The van der Waals surface area contributed by atoms with Gasteiger partial charge in [-0.05, 0) is 66.8 Å². The molecule has 4 aromatic rings. The highest BCUT2D eigenvalue weighted by atomic mass is 35.5. The normalized spacial score (nSPS) is 13.8. The van der Waals surface area contributed by atoms with E-state index in [1.165, 1.54) is 33.8 Å². The van der Waals surface area contributed by atoms with Crippen molar-refractivity contribution in [2.24, 2.45) is 0 Å². The molecule has 1 aromatic heterocycles. The molecule has 3 aromatic carbocycles. The summed E-state index contributed by atoms with van der Waals surface area (Å²) in [4.78, 5) is 29.4. The summed E-state index contributed by atoms with van der Waals surface area (Å²) >= 11 is 7.58. The van der Waals surface area contributed by atoms with Gasteiger partial charge in [-0.15, -0.1) is 0 Å². The SMILES string of the molecule is Cc1cc(C)c2nc(NC(=O)COC(=O)c3ccc(Cl)c(S(=O)(=O)N4CCc5ccccc5C4)c3)sc2c1. The molecule has 0 spiro atoms. The van der Waals surface area contributed by atoms with Crippen molar-refractivity contribution in [1.82, 2.24) is 9.29 Å². The Balaban J connectivity index is 1.26. The number of nitrogens with zero attached hydrogens (tertiary/aromatic N) is 2. The Morgan fingerprint density at radius 1 is 1.11 bits per heavy atom. The summed E-state index contributed by atoms with van der Waals surface area (Å²) < 4.78 is 34.2. The van der Waals surface area contributed by atoms with E-state index in [2.05, 4.69) is 10.3 Å². The van der Waals surface area contributed by atoms with Crippen LogP contribution in [0.4, 0.5) is 5.13 Å². The third-order valence-electron chi connectivity index (χ3n) is 6.29. The van der Waals surface area contributed by atoms with Gasteiger partial charge in [0.15, 0.2) is 11.7 Å². The zero-order chi connectivity index (χ0) is 27.0. The summed E-state index contributed by atoms with van der Waals surface area (Å²) in [6, 6.07) is 15.6. The second-order valence-electron chi connectivity index (χ2n) is 9.07. The molecule has 0 atom stereocenters. The van der Waals surface area contributed by atoms with Gasteiger partial charge >= 0.3 is 5.97 Å². The first-order valence-electron chi connectivity index (χ1n) is 11.8. The number of esters is 1. The van der Waals surface area contributed by atoms with Crippen molar-refractivity contribution in [2.75, 3.05) is 18.5 Å². The lowest BCUT2D eigenvalue weighted by molar-refractivity contribution is -0.119. The number of thiazole rings is 1. The van der Waals surface area contributed by atoms with E-state index >= 15 is 0 Å². The number of ether oxygens (including phenoxy) is 1. The number of sulfonamides is 1. The Morgan fingerprint density at radius 3 is 2.66 bits per heavy atom. The van der Waals surface area contributed by atoms with E-state index in [0.717, 1.165) is 32.5 Å². The number of carbonyl (C=O) groups is 2. The molecule has 11 heteroatoms. The molecule has 5 rings (SSSR count). The first-order chi connectivity index (χ1) is 18.1. The molecule has 1 aliphatic rings. The molecule has 0 unspecified atom stereocenters. The van der Waals surface area contributed by atoms with E-state index in [-0.39, 0.29) is 22.0 Å². The number of fused-ring (bicyclic) bond motifs is 2. The fourth-order valence-corrected chi connectivity index (χ4v) is 7.41. The van der Waals surface area contributed by atoms with Crippen molar-refractivity contribution in [2.45, 2.75) is 31.7 Å². The number of nitrogens with one attached hydrogen (secondary N) is 1. The summed E-state index contributed by atoms with van der Waals surface area (Å²) in [5.41, 5.74) is 4.92. The van der Waals surface area contributed by atoms with Crippen LogP contribution >= 0.6 is 22.9 Å². The average Bonchev–Trinajstić information content (AvgIpc) is 3.29. The topological polar surface area (TPSA) is 106 Å². The molecule has 1 N–H and O–H groups in total. The molecular weight excluding hydrogens is 546 g/mol. The Labute approximate surface area is 229 Å². The number of halogens is 1. The third-order valence-corrected chi connectivity index (χ3v) is 9.54. The highest BCUT2D eigenvalue weighted by molar-refractivity contribution is 7.89. The maximum Gasteiger partial charge on any atom is 0.338 e. The van der Waals surface area contributed by atoms with Crippen molar-refractivity contribution in [3.05, 3.63) is 87.4 Å². The van der Waals surface area contributed by atoms with Crippen LogP contribution in [0.25, 0.3) is 10.2 Å². The van der Waals surface area contributed by atoms with Crippen LogP contribution in [0.5, 0.6) is 0 Å². The first-order valence-corrected chi connectivity index (χ1v) is 14.5. The highest BCUT2D eigenvalue weighted by Crippen LogP contribution is 2.31. The first kappa shape index (κ1) is 26.3. The van der Waals surface area contributed by atoms with E-state index in [1.54, 1.807) is 0 Å². The fourth-order valence-electron chi connectivity index (χ4n) is 4.44. The molecule has 196 valence electrons. The van der Waals surface area contributed by atoms with Gasteiger partial charge in [-0.25, -0.2) is 18.2 Å². The van der Waals surface area contributed by atoms with Gasteiger partial charge in [-0.1, -0.05) is 53.3 Å². The molecule has 8 nitrogen and oxygen atoms in total. The van der Waals surface area contributed by atoms with Crippen LogP contribution in [0.15, 0.2) is 59.5 Å². The summed E-state index contributed by atoms with van der Waals surface area (Å²) in [7, 11) is -3.98. The molecule has 2 heterocycles. The number of aromatic nitrogens is 1. The minimum absolute atomic E-state index is 0.000446. The van der Waals surface area contributed by atoms with Crippen LogP contribution in [0.3, 0.4) is 0 Å². The average molecular weight is 570 g/mol. The lowest BCUT2D eigenvalue weighted by Gasteiger charge is -2.28. The smallest absolute Gasteiger partial charge is 0.338 e. The second kappa shape index (κ2) is 10.5. The number of hydrogen-bond donors (Lipinski definition) is 1.